The van der Waals surface area contributed by atoms with E-state index < -0.39 is 0 Å². The van der Waals surface area contributed by atoms with Gasteiger partial charge in [0.05, 0.1) is 6.20 Å². The van der Waals surface area contributed by atoms with Crippen molar-refractivity contribution in [1.29, 1.82) is 0 Å². The molecule has 2 saturated heterocycles. The van der Waals surface area contributed by atoms with Crippen molar-refractivity contribution in [3.8, 4) is 0 Å². The zero-order valence-electron chi connectivity index (χ0n) is 12.5. The summed E-state index contributed by atoms with van der Waals surface area (Å²) in [5.74, 6) is 1.33. The van der Waals surface area contributed by atoms with Crippen LogP contribution >= 0.6 is 0 Å². The van der Waals surface area contributed by atoms with Crippen LogP contribution in [0.15, 0.2) is 16.8 Å². The largest absolute Gasteiger partial charge is 0.351 e. The van der Waals surface area contributed by atoms with Gasteiger partial charge < -0.3 is 14.3 Å². The van der Waals surface area contributed by atoms with E-state index in [-0.39, 0.29) is 5.91 Å². The second-order valence-corrected chi connectivity index (χ2v) is 7.14. The van der Waals surface area contributed by atoms with Crippen molar-refractivity contribution < 1.29 is 9.32 Å². The fourth-order valence-electron chi connectivity index (χ4n) is 4.06. The lowest BCUT2D eigenvalue weighted by Crippen LogP contribution is -2.46. The zero-order chi connectivity index (χ0) is 14.3. The summed E-state index contributed by atoms with van der Waals surface area (Å²) in [4.78, 5) is 17.0. The van der Waals surface area contributed by atoms with E-state index in [4.69, 9.17) is 4.52 Å². The van der Waals surface area contributed by atoms with Crippen LogP contribution in [-0.4, -0.2) is 53.6 Å². The number of hydrogen-bond acceptors (Lipinski definition) is 4. The summed E-state index contributed by atoms with van der Waals surface area (Å²) in [5.41, 5.74) is 0.322. The molecular formula is C16H23N3O2. The molecule has 0 radical (unpaired) electrons. The predicted octanol–water partition coefficient (Wildman–Crippen LogP) is 2.01. The third-order valence-corrected chi connectivity index (χ3v) is 5.33. The number of rotatable bonds is 3. The van der Waals surface area contributed by atoms with Gasteiger partial charge in [-0.05, 0) is 44.6 Å². The molecule has 1 aromatic rings. The average molecular weight is 289 g/mol. The van der Waals surface area contributed by atoms with Crippen LogP contribution in [0.3, 0.4) is 0 Å². The molecule has 0 unspecified atom stereocenters. The van der Waals surface area contributed by atoms with Gasteiger partial charge in [0.15, 0.2) is 0 Å². The van der Waals surface area contributed by atoms with Crippen LogP contribution in [0.1, 0.15) is 42.7 Å². The van der Waals surface area contributed by atoms with Crippen molar-refractivity contribution in [2.24, 2.45) is 11.3 Å². The third kappa shape index (κ3) is 2.71. The molecule has 0 bridgehead atoms. The minimum absolute atomic E-state index is 0.00342. The van der Waals surface area contributed by atoms with E-state index in [1.54, 1.807) is 6.07 Å². The lowest BCUT2D eigenvalue weighted by atomic mass is 9.79. The first-order chi connectivity index (χ1) is 10.2. The van der Waals surface area contributed by atoms with Gasteiger partial charge in [-0.25, -0.2) is 0 Å². The second-order valence-electron chi connectivity index (χ2n) is 7.14. The highest BCUT2D eigenvalue weighted by Gasteiger charge is 2.43. The number of amides is 1. The minimum Gasteiger partial charge on any atom is -0.351 e. The smallest absolute Gasteiger partial charge is 0.292 e. The predicted molar refractivity (Wildman–Crippen MR) is 77.9 cm³/mol. The number of aromatic nitrogens is 1. The molecule has 0 aromatic carbocycles. The maximum absolute atomic E-state index is 12.4. The lowest BCUT2D eigenvalue weighted by Gasteiger charge is -2.40. The van der Waals surface area contributed by atoms with E-state index in [9.17, 15) is 4.79 Å². The molecule has 3 aliphatic rings. The Morgan fingerprint density at radius 3 is 3.00 bits per heavy atom. The standard InChI is InChI=1S/C16H23N3O2/c20-15(14-4-7-17-21-14)19-9-6-16(12-19)5-1-8-18(11-16)10-13-2-3-13/h4,7,13H,1-3,5-6,8-12H2/t16-/m1/s1. The number of nitrogens with zero attached hydrogens (tertiary/aromatic N) is 3. The van der Waals surface area contributed by atoms with Gasteiger partial charge in [-0.15, -0.1) is 0 Å². The average Bonchev–Trinajstić information content (AvgIpc) is 3.00. The lowest BCUT2D eigenvalue weighted by molar-refractivity contribution is 0.0649. The molecule has 3 fully saturated rings. The highest BCUT2D eigenvalue weighted by molar-refractivity contribution is 5.91. The van der Waals surface area contributed by atoms with E-state index in [1.165, 1.54) is 51.5 Å². The van der Waals surface area contributed by atoms with Gasteiger partial charge in [0.1, 0.15) is 0 Å². The van der Waals surface area contributed by atoms with Gasteiger partial charge >= 0.3 is 0 Å². The van der Waals surface area contributed by atoms with Crippen LogP contribution < -0.4 is 0 Å². The number of carbonyl (C=O) groups excluding carboxylic acids is 1. The van der Waals surface area contributed by atoms with Crippen LogP contribution in [0.2, 0.25) is 0 Å². The second kappa shape index (κ2) is 5.13. The molecule has 2 aliphatic heterocycles. The van der Waals surface area contributed by atoms with Gasteiger partial charge in [0.2, 0.25) is 5.76 Å². The highest BCUT2D eigenvalue weighted by Crippen LogP contribution is 2.40. The van der Waals surface area contributed by atoms with Gasteiger partial charge in [-0.1, -0.05) is 5.16 Å². The molecule has 21 heavy (non-hydrogen) atoms. The fourth-order valence-corrected chi connectivity index (χ4v) is 4.06. The van der Waals surface area contributed by atoms with Crippen LogP contribution in [0.4, 0.5) is 0 Å². The van der Waals surface area contributed by atoms with Crippen molar-refractivity contribution in [1.82, 2.24) is 15.0 Å². The Labute approximate surface area is 125 Å². The molecule has 4 rings (SSSR count). The molecule has 0 N–H and O–H groups in total. The summed E-state index contributed by atoms with van der Waals surface area (Å²) in [6.07, 6.45) is 8.04. The Balaban J connectivity index is 1.41. The Kier molecular flexibility index (Phi) is 3.25. The first-order valence-electron chi connectivity index (χ1n) is 8.16. The first-order valence-corrected chi connectivity index (χ1v) is 8.16. The summed E-state index contributed by atoms with van der Waals surface area (Å²) in [6, 6.07) is 1.66. The SMILES string of the molecule is O=C(c1ccno1)N1CC[C@@]2(CCCN(CC3CC3)C2)C1. The van der Waals surface area contributed by atoms with Crippen LogP contribution in [0.25, 0.3) is 0 Å². The summed E-state index contributed by atoms with van der Waals surface area (Å²) >= 11 is 0. The molecule has 1 amide bonds. The highest BCUT2D eigenvalue weighted by atomic mass is 16.5. The van der Waals surface area contributed by atoms with E-state index in [2.05, 4.69) is 10.1 Å². The number of hydrogen-bond donors (Lipinski definition) is 0. The van der Waals surface area contributed by atoms with Crippen molar-refractivity contribution in [2.45, 2.75) is 32.1 Å². The Morgan fingerprint density at radius 1 is 1.33 bits per heavy atom. The van der Waals surface area contributed by atoms with E-state index in [0.717, 1.165) is 25.4 Å². The molecule has 1 aliphatic carbocycles. The van der Waals surface area contributed by atoms with E-state index >= 15 is 0 Å². The fraction of sp³-hybridized carbons (Fsp3) is 0.750. The summed E-state index contributed by atoms with van der Waals surface area (Å²) in [5, 5.41) is 3.64. The summed E-state index contributed by atoms with van der Waals surface area (Å²) in [7, 11) is 0. The monoisotopic (exact) mass is 289 g/mol. The molecule has 5 nitrogen and oxygen atoms in total. The van der Waals surface area contributed by atoms with Gasteiger partial charge in [0, 0.05) is 37.7 Å². The van der Waals surface area contributed by atoms with Crippen LogP contribution in [0, 0.1) is 11.3 Å². The molecule has 3 heterocycles. The molecule has 1 spiro atoms. The van der Waals surface area contributed by atoms with Crippen LogP contribution in [0.5, 0.6) is 0 Å². The maximum atomic E-state index is 12.4. The molecule has 114 valence electrons. The number of piperidine rings is 1. The molecular weight excluding hydrogens is 266 g/mol. The summed E-state index contributed by atoms with van der Waals surface area (Å²) < 4.78 is 5.01. The minimum atomic E-state index is 0.00342. The topological polar surface area (TPSA) is 49.6 Å². The Morgan fingerprint density at radius 2 is 2.24 bits per heavy atom. The van der Waals surface area contributed by atoms with Gasteiger partial charge in [0.25, 0.3) is 5.91 Å². The quantitative estimate of drug-likeness (QED) is 0.854. The van der Waals surface area contributed by atoms with Crippen molar-refractivity contribution in [3.63, 3.8) is 0 Å². The van der Waals surface area contributed by atoms with E-state index in [1.807, 2.05) is 4.90 Å². The zero-order valence-corrected chi connectivity index (χ0v) is 12.5. The van der Waals surface area contributed by atoms with Crippen molar-refractivity contribution >= 4 is 5.91 Å². The first kappa shape index (κ1) is 13.3. The molecule has 1 atom stereocenters. The normalized spacial score (nSPS) is 30.2. The molecule has 1 aromatic heterocycles. The van der Waals surface area contributed by atoms with Gasteiger partial charge in [-0.3, -0.25) is 4.79 Å². The molecule has 1 saturated carbocycles. The Bertz CT molecular complexity index is 512. The number of likely N-dealkylation sites (tertiary alicyclic amines) is 2. The summed E-state index contributed by atoms with van der Waals surface area (Å²) in [6.45, 7) is 5.43. The maximum Gasteiger partial charge on any atom is 0.292 e. The Hall–Kier alpha value is -1.36. The third-order valence-electron chi connectivity index (χ3n) is 5.33. The van der Waals surface area contributed by atoms with Gasteiger partial charge in [-0.2, -0.15) is 0 Å². The van der Waals surface area contributed by atoms with E-state index in [0.29, 0.717) is 11.2 Å². The van der Waals surface area contributed by atoms with Crippen molar-refractivity contribution in [3.05, 3.63) is 18.0 Å². The van der Waals surface area contributed by atoms with Crippen molar-refractivity contribution in [2.75, 3.05) is 32.7 Å². The van der Waals surface area contributed by atoms with Crippen LogP contribution in [-0.2, 0) is 0 Å². The number of carbonyl (C=O) groups is 1. The molecule has 5 heteroatoms.